The maximum absolute atomic E-state index is 13.5. The van der Waals surface area contributed by atoms with Crippen molar-refractivity contribution in [1.82, 2.24) is 10.2 Å². The predicted octanol–water partition coefficient (Wildman–Crippen LogP) is 5.55. The van der Waals surface area contributed by atoms with Crippen molar-refractivity contribution in [3.63, 3.8) is 0 Å². The Bertz CT molecular complexity index is 1080. The average Bonchev–Trinajstić information content (AvgIpc) is 3.43. The summed E-state index contributed by atoms with van der Waals surface area (Å²) in [7, 11) is 0. The number of nitrogens with one attached hydrogen (secondary N) is 1. The second-order valence-electron chi connectivity index (χ2n) is 10.6. The molecule has 0 bridgehead atoms. The standard InChI is InChI=1S/C28H32F2N2O3/c29-28(30)34-23-12-11-21(17-24(23)35-28)27(14-15-27)18-31-22-13-16-32(25(22)19-7-3-1-4-8-19)26(33)20-9-5-2-6-10-20/h1,3-4,7-8,11-12,17,20,22,25,31H,2,5-6,9-10,13-16,18H2. The minimum atomic E-state index is -3.60. The zero-order valence-electron chi connectivity index (χ0n) is 19.8. The number of nitrogens with zero attached hydrogens (tertiary/aromatic N) is 1. The predicted molar refractivity (Wildman–Crippen MR) is 127 cm³/mol. The maximum atomic E-state index is 13.5. The Hall–Kier alpha value is -2.67. The van der Waals surface area contributed by atoms with Gasteiger partial charge in [-0.1, -0.05) is 55.7 Å². The van der Waals surface area contributed by atoms with E-state index in [-0.39, 0.29) is 34.9 Å². The second kappa shape index (κ2) is 8.77. The highest BCUT2D eigenvalue weighted by Gasteiger charge is 2.49. The van der Waals surface area contributed by atoms with E-state index in [1.165, 1.54) is 12.0 Å². The number of fused-ring (bicyclic) bond motifs is 1. The minimum absolute atomic E-state index is 0.0110. The van der Waals surface area contributed by atoms with Crippen LogP contribution >= 0.6 is 0 Å². The highest BCUT2D eigenvalue weighted by Crippen LogP contribution is 2.51. The lowest BCUT2D eigenvalue weighted by Gasteiger charge is -2.33. The molecule has 2 aliphatic carbocycles. The van der Waals surface area contributed by atoms with E-state index in [0.29, 0.717) is 5.91 Å². The molecule has 6 rings (SSSR count). The number of hydrogen-bond acceptors (Lipinski definition) is 4. The van der Waals surface area contributed by atoms with Crippen molar-refractivity contribution in [3.8, 4) is 11.5 Å². The molecule has 1 N–H and O–H groups in total. The fraction of sp³-hybridized carbons (Fsp3) is 0.536. The summed E-state index contributed by atoms with van der Waals surface area (Å²) in [5.74, 6) is 0.640. The zero-order chi connectivity index (χ0) is 24.0. The SMILES string of the molecule is O=C(C1CCCCC1)N1CCC(NCC2(c3ccc4c(c3)OC(F)(F)O4)CC2)C1c1ccccc1. The monoisotopic (exact) mass is 482 g/mol. The van der Waals surface area contributed by atoms with E-state index in [9.17, 15) is 13.6 Å². The Morgan fingerprint density at radius 2 is 1.71 bits per heavy atom. The number of amides is 1. The van der Waals surface area contributed by atoms with Crippen molar-refractivity contribution >= 4 is 5.91 Å². The fourth-order valence-electron chi connectivity index (χ4n) is 6.22. The van der Waals surface area contributed by atoms with E-state index in [1.54, 1.807) is 12.1 Å². The first-order valence-corrected chi connectivity index (χ1v) is 12.9. The lowest BCUT2D eigenvalue weighted by molar-refractivity contribution is -0.286. The Labute approximate surface area is 204 Å². The van der Waals surface area contributed by atoms with E-state index >= 15 is 0 Å². The minimum Gasteiger partial charge on any atom is -0.395 e. The first kappa shape index (κ1) is 22.8. The number of likely N-dealkylation sites (tertiary alicyclic amines) is 1. The molecular formula is C28H32F2N2O3. The molecule has 3 fully saturated rings. The Kier molecular flexibility index (Phi) is 5.71. The van der Waals surface area contributed by atoms with E-state index in [1.807, 2.05) is 24.3 Å². The van der Waals surface area contributed by atoms with Crippen LogP contribution in [-0.2, 0) is 10.2 Å². The quantitative estimate of drug-likeness (QED) is 0.586. The molecule has 5 nitrogen and oxygen atoms in total. The molecule has 2 unspecified atom stereocenters. The van der Waals surface area contributed by atoms with Gasteiger partial charge in [-0.25, -0.2) is 0 Å². The molecular weight excluding hydrogens is 450 g/mol. The number of halogens is 2. The van der Waals surface area contributed by atoms with Crippen molar-refractivity contribution in [2.45, 2.75) is 75.2 Å². The summed E-state index contributed by atoms with van der Waals surface area (Å²) in [6, 6.07) is 15.7. The topological polar surface area (TPSA) is 50.8 Å². The van der Waals surface area contributed by atoms with Crippen molar-refractivity contribution in [1.29, 1.82) is 0 Å². The second-order valence-corrected chi connectivity index (χ2v) is 10.6. The Morgan fingerprint density at radius 3 is 2.46 bits per heavy atom. The first-order valence-electron chi connectivity index (χ1n) is 12.9. The summed E-state index contributed by atoms with van der Waals surface area (Å²) < 4.78 is 36.2. The van der Waals surface area contributed by atoms with Crippen LogP contribution in [0.1, 0.15) is 68.5 Å². The van der Waals surface area contributed by atoms with Gasteiger partial charge in [-0.3, -0.25) is 4.79 Å². The van der Waals surface area contributed by atoms with E-state index in [0.717, 1.165) is 63.6 Å². The summed E-state index contributed by atoms with van der Waals surface area (Å²) in [6.45, 7) is 1.50. The van der Waals surface area contributed by atoms with Crippen LogP contribution < -0.4 is 14.8 Å². The van der Waals surface area contributed by atoms with E-state index in [4.69, 9.17) is 0 Å². The van der Waals surface area contributed by atoms with E-state index in [2.05, 4.69) is 31.8 Å². The number of hydrogen-bond donors (Lipinski definition) is 1. The smallest absolute Gasteiger partial charge is 0.395 e. The van der Waals surface area contributed by atoms with Crippen molar-refractivity contribution in [2.24, 2.45) is 5.92 Å². The molecule has 0 spiro atoms. The highest BCUT2D eigenvalue weighted by molar-refractivity contribution is 5.80. The van der Waals surface area contributed by atoms with Crippen LogP contribution in [0.15, 0.2) is 48.5 Å². The van der Waals surface area contributed by atoms with Gasteiger partial charge in [0.2, 0.25) is 5.91 Å². The third-order valence-electron chi connectivity index (χ3n) is 8.35. The average molecular weight is 483 g/mol. The molecule has 186 valence electrons. The van der Waals surface area contributed by atoms with Gasteiger partial charge in [0, 0.05) is 30.5 Å². The highest BCUT2D eigenvalue weighted by atomic mass is 19.3. The van der Waals surface area contributed by atoms with E-state index < -0.39 is 6.29 Å². The lowest BCUT2D eigenvalue weighted by atomic mass is 9.87. The summed E-state index contributed by atoms with van der Waals surface area (Å²) in [5.41, 5.74) is 2.06. The Morgan fingerprint density at radius 1 is 0.971 bits per heavy atom. The summed E-state index contributed by atoms with van der Waals surface area (Å²) in [5, 5.41) is 3.79. The molecule has 0 aromatic heterocycles. The molecule has 2 aliphatic heterocycles. The number of alkyl halides is 2. The molecule has 2 atom stereocenters. The number of benzene rings is 2. The van der Waals surface area contributed by atoms with Crippen molar-refractivity contribution in [2.75, 3.05) is 13.1 Å². The summed E-state index contributed by atoms with van der Waals surface area (Å²) in [6.07, 6.45) is 4.81. The van der Waals surface area contributed by atoms with Crippen molar-refractivity contribution in [3.05, 3.63) is 59.7 Å². The number of carbonyl (C=O) groups excluding carboxylic acids is 1. The molecule has 2 aromatic rings. The molecule has 1 saturated heterocycles. The van der Waals surface area contributed by atoms with Crippen molar-refractivity contribution < 1.29 is 23.0 Å². The van der Waals surface area contributed by atoms with Crippen LogP contribution in [0.5, 0.6) is 11.5 Å². The first-order chi connectivity index (χ1) is 16.9. The number of rotatable bonds is 6. The number of carbonyl (C=O) groups is 1. The van der Waals surface area contributed by atoms with Crippen LogP contribution in [-0.4, -0.2) is 36.2 Å². The zero-order valence-corrected chi connectivity index (χ0v) is 19.8. The lowest BCUT2D eigenvalue weighted by Crippen LogP contribution is -2.43. The largest absolute Gasteiger partial charge is 0.586 e. The van der Waals surface area contributed by atoms with Gasteiger partial charge in [0.15, 0.2) is 11.5 Å². The third-order valence-corrected chi connectivity index (χ3v) is 8.35. The third kappa shape index (κ3) is 4.39. The van der Waals surface area contributed by atoms with Crippen LogP contribution in [0.25, 0.3) is 0 Å². The van der Waals surface area contributed by atoms with Crippen LogP contribution in [0.4, 0.5) is 8.78 Å². The normalized spacial score (nSPS) is 26.6. The summed E-state index contributed by atoms with van der Waals surface area (Å²) >= 11 is 0. The van der Waals surface area contributed by atoms with Gasteiger partial charge in [0.1, 0.15) is 0 Å². The molecule has 2 aromatic carbocycles. The molecule has 1 amide bonds. The molecule has 0 radical (unpaired) electrons. The summed E-state index contributed by atoms with van der Waals surface area (Å²) in [4.78, 5) is 15.7. The van der Waals surface area contributed by atoms with Gasteiger partial charge < -0.3 is 19.7 Å². The molecule has 2 heterocycles. The van der Waals surface area contributed by atoms with Crippen LogP contribution in [0, 0.1) is 5.92 Å². The maximum Gasteiger partial charge on any atom is 0.586 e. The van der Waals surface area contributed by atoms with Gasteiger partial charge in [-0.05, 0) is 55.4 Å². The Balaban J connectivity index is 1.19. The van der Waals surface area contributed by atoms with Gasteiger partial charge in [-0.15, -0.1) is 8.78 Å². The number of ether oxygens (including phenoxy) is 2. The van der Waals surface area contributed by atoms with Gasteiger partial charge in [0.05, 0.1) is 6.04 Å². The van der Waals surface area contributed by atoms with Crippen LogP contribution in [0.2, 0.25) is 0 Å². The molecule has 35 heavy (non-hydrogen) atoms. The van der Waals surface area contributed by atoms with Crippen LogP contribution in [0.3, 0.4) is 0 Å². The fourth-order valence-corrected chi connectivity index (χ4v) is 6.22. The molecule has 4 aliphatic rings. The van der Waals surface area contributed by atoms with Gasteiger partial charge >= 0.3 is 6.29 Å². The molecule has 7 heteroatoms. The van der Waals surface area contributed by atoms with Gasteiger partial charge in [-0.2, -0.15) is 0 Å². The molecule has 2 saturated carbocycles. The van der Waals surface area contributed by atoms with Gasteiger partial charge in [0.25, 0.3) is 0 Å².